The summed E-state index contributed by atoms with van der Waals surface area (Å²) in [7, 11) is 1.66. The summed E-state index contributed by atoms with van der Waals surface area (Å²) in [5.74, 6) is -0.102. The second-order valence-corrected chi connectivity index (χ2v) is 5.05. The lowest BCUT2D eigenvalue weighted by atomic mass is 9.86. The van der Waals surface area contributed by atoms with Gasteiger partial charge in [-0.15, -0.1) is 0 Å². The maximum absolute atomic E-state index is 11.4. The molecule has 1 N–H and O–H groups in total. The summed E-state index contributed by atoms with van der Waals surface area (Å²) in [5.41, 5.74) is 2.29. The van der Waals surface area contributed by atoms with Crippen molar-refractivity contribution in [2.75, 3.05) is 18.6 Å². The van der Waals surface area contributed by atoms with E-state index in [1.807, 2.05) is 18.2 Å². The van der Waals surface area contributed by atoms with E-state index in [0.29, 0.717) is 6.42 Å². The van der Waals surface area contributed by atoms with E-state index in [4.69, 9.17) is 4.74 Å². The van der Waals surface area contributed by atoms with Gasteiger partial charge in [0.2, 0.25) is 0 Å². The fourth-order valence-electron chi connectivity index (χ4n) is 3.25. The third-order valence-corrected chi connectivity index (χ3v) is 4.12. The minimum atomic E-state index is -0.673. The van der Waals surface area contributed by atoms with Crippen LogP contribution in [0.2, 0.25) is 0 Å². The molecule has 1 aromatic carbocycles. The number of anilines is 1. The fourth-order valence-corrected chi connectivity index (χ4v) is 3.25. The van der Waals surface area contributed by atoms with Crippen LogP contribution in [0.3, 0.4) is 0 Å². The van der Waals surface area contributed by atoms with Crippen molar-refractivity contribution in [3.8, 4) is 5.75 Å². The minimum Gasteiger partial charge on any atom is -0.497 e. The molecule has 2 atom stereocenters. The second kappa shape index (κ2) is 4.19. The molecule has 4 heteroatoms. The first-order chi connectivity index (χ1) is 8.70. The third kappa shape index (κ3) is 1.64. The molecule has 3 rings (SSSR count). The summed E-state index contributed by atoms with van der Waals surface area (Å²) in [6.07, 6.45) is 2.69. The molecule has 0 bridgehead atoms. The highest BCUT2D eigenvalue weighted by Crippen LogP contribution is 2.40. The standard InChI is InChI=1S/C14H17NO3/c1-18-10-5-4-9-7-11(14(16)17)12-3-2-6-15(12)13(9)8-10/h4-5,8,11-12H,2-3,6-7H2,1H3,(H,16,17). The van der Waals surface area contributed by atoms with Gasteiger partial charge in [-0.2, -0.15) is 0 Å². The second-order valence-electron chi connectivity index (χ2n) is 5.05. The molecule has 0 saturated carbocycles. The van der Waals surface area contributed by atoms with E-state index in [-0.39, 0.29) is 12.0 Å². The number of aliphatic carboxylic acids is 1. The zero-order valence-electron chi connectivity index (χ0n) is 10.4. The number of nitrogens with zero attached hydrogens (tertiary/aromatic N) is 1. The van der Waals surface area contributed by atoms with Gasteiger partial charge in [0.15, 0.2) is 0 Å². The Balaban J connectivity index is 2.04. The highest BCUT2D eigenvalue weighted by atomic mass is 16.5. The summed E-state index contributed by atoms with van der Waals surface area (Å²) >= 11 is 0. The molecule has 1 saturated heterocycles. The predicted molar refractivity (Wildman–Crippen MR) is 68.2 cm³/mol. The molecule has 2 aliphatic rings. The van der Waals surface area contributed by atoms with Gasteiger partial charge in [-0.1, -0.05) is 6.07 Å². The summed E-state index contributed by atoms with van der Waals surface area (Å²) in [6.45, 7) is 0.953. The fraction of sp³-hybridized carbons (Fsp3) is 0.500. The summed E-state index contributed by atoms with van der Waals surface area (Å²) < 4.78 is 5.26. The van der Waals surface area contributed by atoms with E-state index in [0.717, 1.165) is 36.4 Å². The first-order valence-corrected chi connectivity index (χ1v) is 6.37. The molecule has 96 valence electrons. The van der Waals surface area contributed by atoms with Crippen LogP contribution in [0, 0.1) is 5.92 Å². The van der Waals surface area contributed by atoms with Crippen LogP contribution in [0.1, 0.15) is 18.4 Å². The molecule has 2 unspecified atom stereocenters. The summed E-state index contributed by atoms with van der Waals surface area (Å²) in [5, 5.41) is 9.36. The number of hydrogen-bond donors (Lipinski definition) is 1. The number of carbonyl (C=O) groups is 1. The Hall–Kier alpha value is -1.71. The molecule has 0 radical (unpaired) electrons. The highest BCUT2D eigenvalue weighted by molar-refractivity contribution is 5.75. The first-order valence-electron chi connectivity index (χ1n) is 6.37. The highest BCUT2D eigenvalue weighted by Gasteiger charge is 2.40. The number of hydrogen-bond acceptors (Lipinski definition) is 3. The Morgan fingerprint density at radius 1 is 1.50 bits per heavy atom. The molecule has 0 aromatic heterocycles. The van der Waals surface area contributed by atoms with Crippen molar-refractivity contribution in [2.45, 2.75) is 25.3 Å². The van der Waals surface area contributed by atoms with E-state index in [1.54, 1.807) is 7.11 Å². The van der Waals surface area contributed by atoms with Gasteiger partial charge in [0.25, 0.3) is 0 Å². The first kappa shape index (κ1) is 11.4. The van der Waals surface area contributed by atoms with Crippen molar-refractivity contribution >= 4 is 11.7 Å². The van der Waals surface area contributed by atoms with Gasteiger partial charge in [0, 0.05) is 24.3 Å². The van der Waals surface area contributed by atoms with Gasteiger partial charge in [-0.05, 0) is 30.9 Å². The van der Waals surface area contributed by atoms with Crippen molar-refractivity contribution < 1.29 is 14.6 Å². The quantitative estimate of drug-likeness (QED) is 0.867. The van der Waals surface area contributed by atoms with Crippen LogP contribution in [0.4, 0.5) is 5.69 Å². The molecule has 2 heterocycles. The molecule has 1 fully saturated rings. The van der Waals surface area contributed by atoms with Crippen LogP contribution >= 0.6 is 0 Å². The average Bonchev–Trinajstić information content (AvgIpc) is 2.86. The zero-order chi connectivity index (χ0) is 12.7. The third-order valence-electron chi connectivity index (χ3n) is 4.12. The van der Waals surface area contributed by atoms with Gasteiger partial charge in [0.05, 0.1) is 13.0 Å². The van der Waals surface area contributed by atoms with Gasteiger partial charge < -0.3 is 14.7 Å². The van der Waals surface area contributed by atoms with Gasteiger partial charge in [-0.25, -0.2) is 0 Å². The molecule has 0 aliphatic carbocycles. The Labute approximate surface area is 106 Å². The average molecular weight is 247 g/mol. The number of fused-ring (bicyclic) bond motifs is 3. The van der Waals surface area contributed by atoms with E-state index in [1.165, 1.54) is 0 Å². The van der Waals surface area contributed by atoms with Gasteiger partial charge >= 0.3 is 5.97 Å². The SMILES string of the molecule is COc1ccc2c(c1)N1CCCC1C(C(=O)O)C2. The van der Waals surface area contributed by atoms with Crippen LogP contribution in [0.15, 0.2) is 18.2 Å². The Kier molecular flexibility index (Phi) is 2.65. The van der Waals surface area contributed by atoms with Crippen LogP contribution in [-0.2, 0) is 11.2 Å². The van der Waals surface area contributed by atoms with E-state index < -0.39 is 5.97 Å². The molecule has 2 aliphatic heterocycles. The van der Waals surface area contributed by atoms with E-state index in [9.17, 15) is 9.90 Å². The number of ether oxygens (including phenoxy) is 1. The number of methoxy groups -OCH3 is 1. The molecule has 0 spiro atoms. The van der Waals surface area contributed by atoms with Crippen LogP contribution in [-0.4, -0.2) is 30.8 Å². The number of carboxylic acid groups (broad SMARTS) is 1. The summed E-state index contributed by atoms with van der Waals surface area (Å²) in [6, 6.07) is 6.10. The lowest BCUT2D eigenvalue weighted by molar-refractivity contribution is -0.142. The van der Waals surface area contributed by atoms with Gasteiger partial charge in [-0.3, -0.25) is 4.79 Å². The van der Waals surface area contributed by atoms with Crippen molar-refractivity contribution in [3.63, 3.8) is 0 Å². The van der Waals surface area contributed by atoms with Crippen molar-refractivity contribution in [1.82, 2.24) is 0 Å². The van der Waals surface area contributed by atoms with Crippen molar-refractivity contribution in [2.24, 2.45) is 5.92 Å². The minimum absolute atomic E-state index is 0.155. The molecule has 1 aromatic rings. The predicted octanol–water partition coefficient (Wildman–Crippen LogP) is 1.92. The number of carboxylic acids is 1. The van der Waals surface area contributed by atoms with Crippen molar-refractivity contribution in [1.29, 1.82) is 0 Å². The Morgan fingerprint density at radius 3 is 3.06 bits per heavy atom. The Bertz CT molecular complexity index is 486. The van der Waals surface area contributed by atoms with Crippen LogP contribution < -0.4 is 9.64 Å². The molecular weight excluding hydrogens is 230 g/mol. The van der Waals surface area contributed by atoms with Gasteiger partial charge in [0.1, 0.15) is 5.75 Å². The lowest BCUT2D eigenvalue weighted by Gasteiger charge is -2.37. The maximum atomic E-state index is 11.4. The lowest BCUT2D eigenvalue weighted by Crippen LogP contribution is -2.44. The monoisotopic (exact) mass is 247 g/mol. The number of benzene rings is 1. The van der Waals surface area contributed by atoms with Crippen molar-refractivity contribution in [3.05, 3.63) is 23.8 Å². The van der Waals surface area contributed by atoms with Crippen LogP contribution in [0.25, 0.3) is 0 Å². The van der Waals surface area contributed by atoms with E-state index >= 15 is 0 Å². The normalized spacial score (nSPS) is 25.5. The van der Waals surface area contributed by atoms with E-state index in [2.05, 4.69) is 4.90 Å². The molecule has 18 heavy (non-hydrogen) atoms. The Morgan fingerprint density at radius 2 is 2.33 bits per heavy atom. The number of rotatable bonds is 2. The van der Waals surface area contributed by atoms with Crippen LogP contribution in [0.5, 0.6) is 5.75 Å². The zero-order valence-corrected chi connectivity index (χ0v) is 10.4. The smallest absolute Gasteiger partial charge is 0.308 e. The molecular formula is C14H17NO3. The maximum Gasteiger partial charge on any atom is 0.308 e. The summed E-state index contributed by atoms with van der Waals surface area (Å²) in [4.78, 5) is 13.6. The molecule has 4 nitrogen and oxygen atoms in total. The molecule has 0 amide bonds. The largest absolute Gasteiger partial charge is 0.497 e. The topological polar surface area (TPSA) is 49.8 Å².